The van der Waals surface area contributed by atoms with E-state index >= 15 is 0 Å². The summed E-state index contributed by atoms with van der Waals surface area (Å²) < 4.78 is 12.9. The Labute approximate surface area is 78.0 Å². The lowest BCUT2D eigenvalue weighted by atomic mass is 9.98. The first kappa shape index (κ1) is 8.70. The molecule has 0 saturated carbocycles. The normalized spacial score (nSPS) is 23.0. The van der Waals surface area contributed by atoms with E-state index in [0.717, 1.165) is 18.5 Å². The predicted molar refractivity (Wildman–Crippen MR) is 50.0 cm³/mol. The van der Waals surface area contributed by atoms with Crippen LogP contribution in [0.4, 0.5) is 4.39 Å². The second kappa shape index (κ2) is 3.88. The summed E-state index contributed by atoms with van der Waals surface area (Å²) in [6, 6.07) is 7.04. The van der Waals surface area contributed by atoms with Crippen LogP contribution in [-0.2, 0) is 0 Å². The molecule has 1 nitrogen and oxygen atoms in total. The average Bonchev–Trinajstić information content (AvgIpc) is 2.19. The monoisotopic (exact) mass is 178 g/mol. The highest BCUT2D eigenvalue weighted by molar-refractivity contribution is 5.20. The fraction of sp³-hybridized carbons (Fsp3) is 0.455. The molecule has 1 aromatic rings. The Morgan fingerprint density at radius 1 is 1.31 bits per heavy atom. The summed E-state index contributed by atoms with van der Waals surface area (Å²) in [5.41, 5.74) is 1.03. The molecule has 1 aromatic carbocycles. The quantitative estimate of drug-likeness (QED) is 0.627. The van der Waals surface area contributed by atoms with Gasteiger partial charge in [0.05, 0.1) is 0 Å². The molecule has 1 saturated heterocycles. The van der Waals surface area contributed by atoms with Gasteiger partial charge in [0.15, 0.2) is 0 Å². The first-order valence-corrected chi connectivity index (χ1v) is 4.78. The second-order valence-corrected chi connectivity index (χ2v) is 3.47. The average molecular weight is 178 g/mol. The molecule has 69 valence electrons. The molecule has 1 aliphatic heterocycles. The van der Waals surface area contributed by atoms with Crippen molar-refractivity contribution in [1.29, 1.82) is 0 Å². The zero-order valence-electron chi connectivity index (χ0n) is 7.54. The molecule has 1 radical (unpaired) electrons. The maximum absolute atomic E-state index is 12.9. The standard InChI is InChI=1S/C11H13FN/c12-10-5-3-4-9(8-10)11-6-1-2-7-13-11/h3-5,8,11H,1-2,6-7H2. The van der Waals surface area contributed by atoms with Crippen LogP contribution < -0.4 is 5.32 Å². The van der Waals surface area contributed by atoms with Gasteiger partial charge in [0.2, 0.25) is 0 Å². The van der Waals surface area contributed by atoms with Gasteiger partial charge in [0.1, 0.15) is 5.82 Å². The van der Waals surface area contributed by atoms with Gasteiger partial charge in [-0.05, 0) is 30.5 Å². The second-order valence-electron chi connectivity index (χ2n) is 3.47. The zero-order valence-corrected chi connectivity index (χ0v) is 7.54. The Balaban J connectivity index is 2.14. The van der Waals surface area contributed by atoms with Crippen molar-refractivity contribution in [2.75, 3.05) is 6.54 Å². The third-order valence-corrected chi connectivity index (χ3v) is 2.47. The maximum atomic E-state index is 12.9. The summed E-state index contributed by atoms with van der Waals surface area (Å²) >= 11 is 0. The van der Waals surface area contributed by atoms with Gasteiger partial charge in [-0.3, -0.25) is 0 Å². The predicted octanol–water partition coefficient (Wildman–Crippen LogP) is 2.66. The van der Waals surface area contributed by atoms with Crippen molar-refractivity contribution in [1.82, 2.24) is 5.32 Å². The highest BCUT2D eigenvalue weighted by Gasteiger charge is 2.15. The molecule has 2 heteroatoms. The van der Waals surface area contributed by atoms with Crippen LogP contribution in [0.15, 0.2) is 24.3 Å². The van der Waals surface area contributed by atoms with E-state index in [9.17, 15) is 4.39 Å². The molecule has 0 amide bonds. The van der Waals surface area contributed by atoms with Crippen molar-refractivity contribution in [3.63, 3.8) is 0 Å². The first-order chi connectivity index (χ1) is 6.36. The van der Waals surface area contributed by atoms with E-state index in [2.05, 4.69) is 5.32 Å². The van der Waals surface area contributed by atoms with Gasteiger partial charge in [-0.25, -0.2) is 9.71 Å². The summed E-state index contributed by atoms with van der Waals surface area (Å²) in [6.45, 7) is 0.932. The Hall–Kier alpha value is -0.890. The number of hydrogen-bond donors (Lipinski definition) is 0. The molecule has 1 atom stereocenters. The lowest BCUT2D eigenvalue weighted by Crippen LogP contribution is -2.20. The number of benzene rings is 1. The van der Waals surface area contributed by atoms with E-state index in [4.69, 9.17) is 0 Å². The molecule has 1 fully saturated rings. The topological polar surface area (TPSA) is 14.1 Å². The van der Waals surface area contributed by atoms with E-state index < -0.39 is 0 Å². The highest BCUT2D eigenvalue weighted by Crippen LogP contribution is 2.24. The molecular formula is C11H13FN. The lowest BCUT2D eigenvalue weighted by Gasteiger charge is -2.21. The molecule has 0 spiro atoms. The Bertz CT molecular complexity index is 279. The van der Waals surface area contributed by atoms with E-state index in [0.29, 0.717) is 0 Å². The van der Waals surface area contributed by atoms with Crippen LogP contribution in [0.3, 0.4) is 0 Å². The van der Waals surface area contributed by atoms with E-state index in [1.165, 1.54) is 18.9 Å². The van der Waals surface area contributed by atoms with Crippen molar-refractivity contribution in [3.05, 3.63) is 35.6 Å². The Kier molecular flexibility index (Phi) is 2.60. The fourth-order valence-electron chi connectivity index (χ4n) is 1.77. The Morgan fingerprint density at radius 2 is 2.23 bits per heavy atom. The number of hydrogen-bond acceptors (Lipinski definition) is 0. The first-order valence-electron chi connectivity index (χ1n) is 4.78. The summed E-state index contributed by atoms with van der Waals surface area (Å²) in [5.74, 6) is -0.154. The minimum absolute atomic E-state index is 0.154. The summed E-state index contributed by atoms with van der Waals surface area (Å²) in [4.78, 5) is 0. The molecule has 0 N–H and O–H groups in total. The molecule has 1 heterocycles. The zero-order chi connectivity index (χ0) is 9.10. The Morgan fingerprint density at radius 3 is 2.92 bits per heavy atom. The van der Waals surface area contributed by atoms with Crippen LogP contribution >= 0.6 is 0 Å². The molecule has 2 rings (SSSR count). The highest BCUT2D eigenvalue weighted by atomic mass is 19.1. The van der Waals surface area contributed by atoms with Crippen molar-refractivity contribution >= 4 is 0 Å². The third-order valence-electron chi connectivity index (χ3n) is 2.47. The van der Waals surface area contributed by atoms with Crippen LogP contribution in [0, 0.1) is 5.82 Å². The summed E-state index contributed by atoms with van der Waals surface area (Å²) in [6.07, 6.45) is 3.47. The van der Waals surface area contributed by atoms with Crippen LogP contribution in [0.25, 0.3) is 0 Å². The minimum Gasteiger partial charge on any atom is -0.234 e. The van der Waals surface area contributed by atoms with Gasteiger partial charge in [-0.2, -0.15) is 0 Å². The van der Waals surface area contributed by atoms with Crippen molar-refractivity contribution in [2.45, 2.75) is 25.3 Å². The lowest BCUT2D eigenvalue weighted by molar-refractivity contribution is 0.402. The van der Waals surface area contributed by atoms with Gasteiger partial charge >= 0.3 is 0 Å². The van der Waals surface area contributed by atoms with Crippen LogP contribution in [0.2, 0.25) is 0 Å². The number of nitrogens with zero attached hydrogens (tertiary/aromatic N) is 1. The molecule has 1 unspecified atom stereocenters. The van der Waals surface area contributed by atoms with Crippen molar-refractivity contribution in [3.8, 4) is 0 Å². The van der Waals surface area contributed by atoms with E-state index in [-0.39, 0.29) is 11.9 Å². The van der Waals surface area contributed by atoms with E-state index in [1.807, 2.05) is 6.07 Å². The van der Waals surface area contributed by atoms with Gasteiger partial charge in [-0.15, -0.1) is 0 Å². The largest absolute Gasteiger partial charge is 0.234 e. The molecule has 13 heavy (non-hydrogen) atoms. The summed E-state index contributed by atoms with van der Waals surface area (Å²) in [5, 5.41) is 4.47. The van der Waals surface area contributed by atoms with E-state index in [1.54, 1.807) is 12.1 Å². The third kappa shape index (κ3) is 2.07. The maximum Gasteiger partial charge on any atom is 0.123 e. The fourth-order valence-corrected chi connectivity index (χ4v) is 1.77. The van der Waals surface area contributed by atoms with Crippen LogP contribution in [-0.4, -0.2) is 6.54 Å². The van der Waals surface area contributed by atoms with Crippen LogP contribution in [0.5, 0.6) is 0 Å². The van der Waals surface area contributed by atoms with Crippen molar-refractivity contribution < 1.29 is 4.39 Å². The molecular weight excluding hydrogens is 165 g/mol. The number of halogens is 1. The van der Waals surface area contributed by atoms with Gasteiger partial charge < -0.3 is 0 Å². The number of rotatable bonds is 1. The van der Waals surface area contributed by atoms with Crippen molar-refractivity contribution in [2.24, 2.45) is 0 Å². The molecule has 0 aliphatic carbocycles. The number of piperidine rings is 1. The molecule has 0 bridgehead atoms. The van der Waals surface area contributed by atoms with Gasteiger partial charge in [-0.1, -0.05) is 18.6 Å². The minimum atomic E-state index is -0.154. The smallest absolute Gasteiger partial charge is 0.123 e. The molecule has 0 aromatic heterocycles. The summed E-state index contributed by atoms with van der Waals surface area (Å²) in [7, 11) is 0. The van der Waals surface area contributed by atoms with Crippen LogP contribution in [0.1, 0.15) is 30.9 Å². The van der Waals surface area contributed by atoms with Gasteiger partial charge in [0, 0.05) is 12.6 Å². The SMILES string of the molecule is Fc1cccc(C2CCCC[N]2)c1. The molecule has 1 aliphatic rings. The van der Waals surface area contributed by atoms with Gasteiger partial charge in [0.25, 0.3) is 0 Å².